The Hall–Kier alpha value is -2.24. The minimum absolute atomic E-state index is 0.00423. The first kappa shape index (κ1) is 19.1. The summed E-state index contributed by atoms with van der Waals surface area (Å²) in [4.78, 5) is 16.4. The van der Waals surface area contributed by atoms with Crippen molar-refractivity contribution < 1.29 is 9.53 Å². The third-order valence-electron chi connectivity index (χ3n) is 3.50. The topological polar surface area (TPSA) is 74.8 Å². The van der Waals surface area contributed by atoms with Crippen molar-refractivity contribution in [2.75, 3.05) is 13.1 Å². The highest BCUT2D eigenvalue weighted by atomic mass is 16.5. The summed E-state index contributed by atoms with van der Waals surface area (Å²) in [6.45, 7) is 9.51. The summed E-state index contributed by atoms with van der Waals surface area (Å²) in [7, 11) is 0. The van der Waals surface area contributed by atoms with Crippen molar-refractivity contribution in [1.82, 2.24) is 16.0 Å². The van der Waals surface area contributed by atoms with Gasteiger partial charge in [-0.05, 0) is 46.6 Å². The standard InChI is InChI=1S/C19H30N4O2/c1-5-20-18(22-13-17(24)23-15-10-11-15)21-12-14-8-6-7-9-16(14)25-19(2,3)4/h6-9,15H,5,10-13H2,1-4H3,(H,23,24)(H2,20,21,22). The molecule has 0 heterocycles. The number of ether oxygens (including phenoxy) is 1. The predicted octanol–water partition coefficient (Wildman–Crippen LogP) is 2.20. The van der Waals surface area contributed by atoms with E-state index in [4.69, 9.17) is 4.74 Å². The van der Waals surface area contributed by atoms with Gasteiger partial charge in [-0.3, -0.25) is 4.79 Å². The maximum Gasteiger partial charge on any atom is 0.239 e. The van der Waals surface area contributed by atoms with Crippen molar-refractivity contribution in [2.24, 2.45) is 4.99 Å². The number of hydrogen-bond donors (Lipinski definition) is 3. The summed E-state index contributed by atoms with van der Waals surface area (Å²) in [5, 5.41) is 9.20. The molecule has 1 aromatic rings. The maximum atomic E-state index is 11.8. The summed E-state index contributed by atoms with van der Waals surface area (Å²) in [5.41, 5.74) is 0.751. The van der Waals surface area contributed by atoms with E-state index in [9.17, 15) is 4.79 Å². The molecule has 0 aliphatic heterocycles. The smallest absolute Gasteiger partial charge is 0.239 e. The van der Waals surface area contributed by atoms with Crippen LogP contribution in [0.5, 0.6) is 5.75 Å². The van der Waals surface area contributed by atoms with Crippen molar-refractivity contribution in [1.29, 1.82) is 0 Å². The summed E-state index contributed by atoms with van der Waals surface area (Å²) in [6, 6.07) is 8.27. The van der Waals surface area contributed by atoms with Crippen molar-refractivity contribution in [3.05, 3.63) is 29.8 Å². The Morgan fingerprint density at radius 3 is 2.60 bits per heavy atom. The molecule has 25 heavy (non-hydrogen) atoms. The van der Waals surface area contributed by atoms with Crippen LogP contribution in [0, 0.1) is 0 Å². The molecule has 6 heteroatoms. The summed E-state index contributed by atoms with van der Waals surface area (Å²) in [6.07, 6.45) is 2.18. The van der Waals surface area contributed by atoms with E-state index in [1.807, 2.05) is 52.0 Å². The fourth-order valence-electron chi connectivity index (χ4n) is 2.24. The number of nitrogens with one attached hydrogen (secondary N) is 3. The highest BCUT2D eigenvalue weighted by molar-refractivity contribution is 5.86. The van der Waals surface area contributed by atoms with Crippen LogP contribution in [0.25, 0.3) is 0 Å². The summed E-state index contributed by atoms with van der Waals surface area (Å²) in [5.74, 6) is 1.46. The number of carbonyl (C=O) groups excluding carboxylic acids is 1. The molecule has 1 aromatic carbocycles. The Kier molecular flexibility index (Phi) is 6.67. The molecule has 0 saturated heterocycles. The van der Waals surface area contributed by atoms with Gasteiger partial charge in [-0.1, -0.05) is 18.2 Å². The number of aliphatic imine (C=N–C) groups is 1. The van der Waals surface area contributed by atoms with Gasteiger partial charge in [-0.25, -0.2) is 4.99 Å². The van der Waals surface area contributed by atoms with Gasteiger partial charge in [0.2, 0.25) is 5.91 Å². The van der Waals surface area contributed by atoms with E-state index in [0.717, 1.165) is 30.7 Å². The zero-order chi connectivity index (χ0) is 18.3. The lowest BCUT2D eigenvalue weighted by Crippen LogP contribution is -2.43. The Labute approximate surface area is 150 Å². The van der Waals surface area contributed by atoms with Crippen LogP contribution >= 0.6 is 0 Å². The molecule has 0 atom stereocenters. The van der Waals surface area contributed by atoms with Crippen LogP contribution in [-0.2, 0) is 11.3 Å². The highest BCUT2D eigenvalue weighted by Gasteiger charge is 2.23. The number of hydrogen-bond acceptors (Lipinski definition) is 3. The van der Waals surface area contributed by atoms with Gasteiger partial charge in [0.15, 0.2) is 5.96 Å². The molecule has 1 amide bonds. The first-order chi connectivity index (χ1) is 11.9. The van der Waals surface area contributed by atoms with E-state index in [1.165, 1.54) is 0 Å². The highest BCUT2D eigenvalue weighted by Crippen LogP contribution is 2.23. The van der Waals surface area contributed by atoms with Crippen LogP contribution < -0.4 is 20.7 Å². The minimum atomic E-state index is -0.260. The fourth-order valence-corrected chi connectivity index (χ4v) is 2.24. The third kappa shape index (κ3) is 7.45. The normalized spacial score (nSPS) is 14.8. The number of nitrogens with zero attached hydrogens (tertiary/aromatic N) is 1. The van der Waals surface area contributed by atoms with Gasteiger partial charge in [0.05, 0.1) is 13.1 Å². The lowest BCUT2D eigenvalue weighted by Gasteiger charge is -2.23. The Morgan fingerprint density at radius 2 is 1.96 bits per heavy atom. The number of guanidine groups is 1. The monoisotopic (exact) mass is 346 g/mol. The molecule has 2 rings (SSSR count). The molecular formula is C19H30N4O2. The van der Waals surface area contributed by atoms with Crippen LogP contribution in [0.2, 0.25) is 0 Å². The second kappa shape index (κ2) is 8.74. The lowest BCUT2D eigenvalue weighted by atomic mass is 10.1. The molecule has 0 radical (unpaired) electrons. The van der Waals surface area contributed by atoms with Gasteiger partial charge >= 0.3 is 0 Å². The van der Waals surface area contributed by atoms with Crippen LogP contribution in [0.15, 0.2) is 29.3 Å². The average molecular weight is 346 g/mol. The Bertz CT molecular complexity index is 604. The maximum absolute atomic E-state index is 11.8. The number of carbonyl (C=O) groups is 1. The SMILES string of the molecule is CCNC(=NCc1ccccc1OC(C)(C)C)NCC(=O)NC1CC1. The van der Waals surface area contributed by atoms with E-state index >= 15 is 0 Å². The van der Waals surface area contributed by atoms with Gasteiger partial charge in [-0.2, -0.15) is 0 Å². The molecule has 1 aliphatic rings. The van der Waals surface area contributed by atoms with Crippen molar-refractivity contribution in [3.63, 3.8) is 0 Å². The molecule has 1 aliphatic carbocycles. The molecule has 1 fully saturated rings. The van der Waals surface area contributed by atoms with E-state index in [2.05, 4.69) is 20.9 Å². The van der Waals surface area contributed by atoms with Crippen LogP contribution in [0.1, 0.15) is 46.1 Å². The molecular weight excluding hydrogens is 316 g/mol. The second-order valence-electron chi connectivity index (χ2n) is 7.21. The number of benzene rings is 1. The van der Waals surface area contributed by atoms with E-state index in [0.29, 0.717) is 18.5 Å². The van der Waals surface area contributed by atoms with E-state index < -0.39 is 0 Å². The average Bonchev–Trinajstić information content (AvgIpc) is 3.34. The predicted molar refractivity (Wildman–Crippen MR) is 101 cm³/mol. The van der Waals surface area contributed by atoms with Crippen LogP contribution in [-0.4, -0.2) is 36.6 Å². The molecule has 0 aromatic heterocycles. The van der Waals surface area contributed by atoms with Gasteiger partial charge in [-0.15, -0.1) is 0 Å². The number of para-hydroxylation sites is 1. The van der Waals surface area contributed by atoms with E-state index in [-0.39, 0.29) is 18.1 Å². The zero-order valence-electron chi connectivity index (χ0n) is 15.7. The molecule has 138 valence electrons. The first-order valence-electron chi connectivity index (χ1n) is 8.96. The second-order valence-corrected chi connectivity index (χ2v) is 7.21. The van der Waals surface area contributed by atoms with Crippen molar-refractivity contribution in [3.8, 4) is 5.75 Å². The quantitative estimate of drug-likeness (QED) is 0.523. The molecule has 0 unspecified atom stereocenters. The van der Waals surface area contributed by atoms with Gasteiger partial charge in [0.1, 0.15) is 11.4 Å². The summed E-state index contributed by atoms with van der Waals surface area (Å²) >= 11 is 0. The van der Waals surface area contributed by atoms with Gasteiger partial charge in [0, 0.05) is 18.2 Å². The van der Waals surface area contributed by atoms with Gasteiger partial charge < -0.3 is 20.7 Å². The van der Waals surface area contributed by atoms with E-state index in [1.54, 1.807) is 0 Å². The molecule has 6 nitrogen and oxygen atoms in total. The minimum Gasteiger partial charge on any atom is -0.488 e. The Morgan fingerprint density at radius 1 is 1.24 bits per heavy atom. The number of amides is 1. The molecule has 0 spiro atoms. The van der Waals surface area contributed by atoms with Gasteiger partial charge in [0.25, 0.3) is 0 Å². The van der Waals surface area contributed by atoms with Crippen molar-refractivity contribution in [2.45, 2.75) is 58.7 Å². The lowest BCUT2D eigenvalue weighted by molar-refractivity contribution is -0.120. The molecule has 3 N–H and O–H groups in total. The molecule has 1 saturated carbocycles. The van der Waals surface area contributed by atoms with Crippen molar-refractivity contribution >= 4 is 11.9 Å². The molecule has 0 bridgehead atoms. The van der Waals surface area contributed by atoms with Crippen LogP contribution in [0.3, 0.4) is 0 Å². The Balaban J connectivity index is 1.96. The zero-order valence-corrected chi connectivity index (χ0v) is 15.7. The third-order valence-corrected chi connectivity index (χ3v) is 3.50. The summed E-state index contributed by atoms with van der Waals surface area (Å²) < 4.78 is 6.00. The first-order valence-corrected chi connectivity index (χ1v) is 8.96. The largest absolute Gasteiger partial charge is 0.488 e. The fraction of sp³-hybridized carbons (Fsp3) is 0.579. The number of rotatable bonds is 7. The van der Waals surface area contributed by atoms with Crippen LogP contribution in [0.4, 0.5) is 0 Å².